The minimum Gasteiger partial charge on any atom is -0.309 e. The van der Waals surface area contributed by atoms with Gasteiger partial charge in [-0.05, 0) is 23.6 Å². The lowest BCUT2D eigenvalue weighted by Gasteiger charge is -2.03. The molecule has 0 saturated carbocycles. The third-order valence-electron chi connectivity index (χ3n) is 2.92. The highest BCUT2D eigenvalue weighted by Gasteiger charge is 2.12. The molecule has 2 heteroatoms. The van der Waals surface area contributed by atoms with Crippen LogP contribution in [-0.2, 0) is 13.1 Å². The molecule has 0 aliphatic carbocycles. The van der Waals surface area contributed by atoms with Crippen molar-refractivity contribution in [3.8, 4) is 0 Å². The third-order valence-corrected chi connectivity index (χ3v) is 2.92. The Kier molecular flexibility index (Phi) is 3.17. The van der Waals surface area contributed by atoms with Crippen LogP contribution in [0.4, 0.5) is 0 Å². The molecule has 0 fully saturated rings. The maximum Gasteiger partial charge on any atom is 0.162 e. The second-order valence-corrected chi connectivity index (χ2v) is 4.11. The molecular weight excluding hydrogens is 186 g/mol. The molecule has 2 nitrogen and oxygen atoms in total. The van der Waals surface area contributed by atoms with Crippen molar-refractivity contribution in [2.75, 3.05) is 0 Å². The highest BCUT2D eigenvalue weighted by atomic mass is 16.1. The average Bonchev–Trinajstić information content (AvgIpc) is 2.72. The molecule has 0 spiro atoms. The van der Waals surface area contributed by atoms with Gasteiger partial charge in [0.1, 0.15) is 0 Å². The summed E-state index contributed by atoms with van der Waals surface area (Å²) in [7, 11) is 0. The lowest BCUT2D eigenvalue weighted by atomic mass is 10.0. The lowest BCUT2D eigenvalue weighted by Crippen LogP contribution is -2.00. The Bertz CT molecular complexity index is 371. The Labute approximate surface area is 90.7 Å². The Hall–Kier alpha value is -1.15. The molecule has 2 rings (SSSR count). The number of rotatable bonds is 4. The summed E-state index contributed by atoms with van der Waals surface area (Å²) < 4.78 is 0. The summed E-state index contributed by atoms with van der Waals surface area (Å²) in [5, 5.41) is 3.29. The van der Waals surface area contributed by atoms with E-state index in [0.29, 0.717) is 6.42 Å². The minimum atomic E-state index is 0.284. The van der Waals surface area contributed by atoms with Gasteiger partial charge in [0.2, 0.25) is 0 Å². The Morgan fingerprint density at radius 3 is 2.93 bits per heavy atom. The summed E-state index contributed by atoms with van der Waals surface area (Å²) in [6.07, 6.45) is 2.76. The zero-order chi connectivity index (χ0) is 10.7. The summed E-state index contributed by atoms with van der Waals surface area (Å²) in [5.74, 6) is 0.284. The van der Waals surface area contributed by atoms with Gasteiger partial charge in [0.05, 0.1) is 0 Å². The molecule has 0 unspecified atom stereocenters. The molecule has 1 aromatic carbocycles. The van der Waals surface area contributed by atoms with Crippen LogP contribution in [0.25, 0.3) is 0 Å². The zero-order valence-electron chi connectivity index (χ0n) is 9.18. The van der Waals surface area contributed by atoms with Crippen LogP contribution in [0.1, 0.15) is 47.7 Å². The third kappa shape index (κ3) is 2.26. The van der Waals surface area contributed by atoms with E-state index in [1.165, 1.54) is 11.1 Å². The zero-order valence-corrected chi connectivity index (χ0v) is 9.18. The van der Waals surface area contributed by atoms with Crippen molar-refractivity contribution >= 4 is 5.78 Å². The van der Waals surface area contributed by atoms with Crippen molar-refractivity contribution in [1.82, 2.24) is 5.32 Å². The molecule has 15 heavy (non-hydrogen) atoms. The first-order valence-corrected chi connectivity index (χ1v) is 5.67. The van der Waals surface area contributed by atoms with Gasteiger partial charge >= 0.3 is 0 Å². The van der Waals surface area contributed by atoms with Gasteiger partial charge in [-0.2, -0.15) is 0 Å². The van der Waals surface area contributed by atoms with Gasteiger partial charge in [-0.3, -0.25) is 4.79 Å². The van der Waals surface area contributed by atoms with Crippen LogP contribution in [0.5, 0.6) is 0 Å². The molecule has 1 aromatic rings. The van der Waals surface area contributed by atoms with Crippen molar-refractivity contribution < 1.29 is 4.79 Å². The molecular formula is C13H17NO. The average molecular weight is 203 g/mol. The van der Waals surface area contributed by atoms with Crippen LogP contribution < -0.4 is 5.32 Å². The smallest absolute Gasteiger partial charge is 0.162 e. The number of benzene rings is 1. The van der Waals surface area contributed by atoms with E-state index in [9.17, 15) is 4.79 Å². The maximum absolute atomic E-state index is 11.8. The molecule has 1 aliphatic heterocycles. The molecule has 0 aromatic heterocycles. The van der Waals surface area contributed by atoms with E-state index in [4.69, 9.17) is 0 Å². The standard InChI is InChI=1S/C13H17NO/c1-2-3-4-13(15)10-5-6-11-8-14-9-12(11)7-10/h5-7,14H,2-4,8-9H2,1H3. The van der Waals surface area contributed by atoms with Crippen molar-refractivity contribution in [1.29, 1.82) is 0 Å². The van der Waals surface area contributed by atoms with Crippen LogP contribution in [0.15, 0.2) is 18.2 Å². The number of nitrogens with one attached hydrogen (secondary N) is 1. The van der Waals surface area contributed by atoms with Crippen LogP contribution >= 0.6 is 0 Å². The van der Waals surface area contributed by atoms with Crippen LogP contribution in [0, 0.1) is 0 Å². The first kappa shape index (κ1) is 10.4. The number of ketones is 1. The summed E-state index contributed by atoms with van der Waals surface area (Å²) in [6.45, 7) is 3.96. The SMILES string of the molecule is CCCCC(=O)c1ccc2c(c1)CNC2. The molecule has 1 N–H and O–H groups in total. The second kappa shape index (κ2) is 4.58. The highest BCUT2D eigenvalue weighted by molar-refractivity contribution is 5.96. The normalized spacial score (nSPS) is 13.9. The fourth-order valence-electron chi connectivity index (χ4n) is 1.95. The Morgan fingerprint density at radius 2 is 2.13 bits per heavy atom. The van der Waals surface area contributed by atoms with E-state index in [1.54, 1.807) is 0 Å². The van der Waals surface area contributed by atoms with E-state index in [1.807, 2.05) is 12.1 Å². The number of Topliss-reactive ketones (excluding diaryl/α,β-unsaturated/α-hetero) is 1. The summed E-state index contributed by atoms with van der Waals surface area (Å²) >= 11 is 0. The topological polar surface area (TPSA) is 29.1 Å². The number of fused-ring (bicyclic) bond motifs is 1. The lowest BCUT2D eigenvalue weighted by molar-refractivity contribution is 0.0979. The number of carbonyl (C=O) groups is 1. The number of hydrogen-bond donors (Lipinski definition) is 1. The van der Waals surface area contributed by atoms with Gasteiger partial charge in [-0.1, -0.05) is 25.5 Å². The van der Waals surface area contributed by atoms with E-state index in [0.717, 1.165) is 31.5 Å². The summed E-state index contributed by atoms with van der Waals surface area (Å²) in [4.78, 5) is 11.8. The van der Waals surface area contributed by atoms with E-state index in [2.05, 4.69) is 18.3 Å². The van der Waals surface area contributed by atoms with Crippen molar-refractivity contribution in [3.05, 3.63) is 34.9 Å². The van der Waals surface area contributed by atoms with Gasteiger partial charge in [0.25, 0.3) is 0 Å². The Morgan fingerprint density at radius 1 is 1.33 bits per heavy atom. The van der Waals surface area contributed by atoms with Crippen LogP contribution in [0.3, 0.4) is 0 Å². The van der Waals surface area contributed by atoms with Gasteiger partial charge in [0.15, 0.2) is 5.78 Å². The fraction of sp³-hybridized carbons (Fsp3) is 0.462. The molecule has 80 valence electrons. The molecule has 0 amide bonds. The van der Waals surface area contributed by atoms with Crippen LogP contribution in [0.2, 0.25) is 0 Å². The number of hydrogen-bond acceptors (Lipinski definition) is 2. The number of unbranched alkanes of at least 4 members (excludes halogenated alkanes) is 1. The van der Waals surface area contributed by atoms with Crippen molar-refractivity contribution in [2.45, 2.75) is 39.3 Å². The second-order valence-electron chi connectivity index (χ2n) is 4.11. The molecule has 0 bridgehead atoms. The summed E-state index contributed by atoms with van der Waals surface area (Å²) in [6, 6.07) is 6.09. The minimum absolute atomic E-state index is 0.284. The maximum atomic E-state index is 11.8. The van der Waals surface area contributed by atoms with E-state index in [-0.39, 0.29) is 5.78 Å². The largest absolute Gasteiger partial charge is 0.309 e. The van der Waals surface area contributed by atoms with Gasteiger partial charge < -0.3 is 5.32 Å². The van der Waals surface area contributed by atoms with E-state index < -0.39 is 0 Å². The quantitative estimate of drug-likeness (QED) is 0.762. The predicted octanol–water partition coefficient (Wildman–Crippen LogP) is 2.66. The molecule has 1 heterocycles. The molecule has 1 aliphatic rings. The summed E-state index contributed by atoms with van der Waals surface area (Å²) in [5.41, 5.74) is 3.50. The van der Waals surface area contributed by atoms with Crippen molar-refractivity contribution in [3.63, 3.8) is 0 Å². The van der Waals surface area contributed by atoms with Gasteiger partial charge in [0, 0.05) is 25.1 Å². The molecule has 0 saturated heterocycles. The molecule has 0 atom stereocenters. The first-order chi connectivity index (χ1) is 7.31. The van der Waals surface area contributed by atoms with Crippen LogP contribution in [-0.4, -0.2) is 5.78 Å². The molecule has 0 radical (unpaired) electrons. The fourth-order valence-corrected chi connectivity index (χ4v) is 1.95. The highest BCUT2D eigenvalue weighted by Crippen LogP contribution is 2.18. The first-order valence-electron chi connectivity index (χ1n) is 5.67. The van der Waals surface area contributed by atoms with Gasteiger partial charge in [-0.25, -0.2) is 0 Å². The van der Waals surface area contributed by atoms with Crippen molar-refractivity contribution in [2.24, 2.45) is 0 Å². The predicted molar refractivity (Wildman–Crippen MR) is 60.8 cm³/mol. The monoisotopic (exact) mass is 203 g/mol. The van der Waals surface area contributed by atoms with E-state index >= 15 is 0 Å². The Balaban J connectivity index is 2.12. The number of carbonyl (C=O) groups excluding carboxylic acids is 1. The van der Waals surface area contributed by atoms with Gasteiger partial charge in [-0.15, -0.1) is 0 Å².